The minimum atomic E-state index is -0.804. The zero-order valence-corrected chi connectivity index (χ0v) is 7.84. The monoisotopic (exact) mass is 197 g/mol. The van der Waals surface area contributed by atoms with Gasteiger partial charge in [0.2, 0.25) is 0 Å². The van der Waals surface area contributed by atoms with Crippen molar-refractivity contribution in [3.63, 3.8) is 0 Å². The largest absolute Gasteiger partial charge is 0.316 e. The Morgan fingerprint density at radius 1 is 1.21 bits per heavy atom. The summed E-state index contributed by atoms with van der Waals surface area (Å²) in [6.07, 6.45) is -0.260. The van der Waals surface area contributed by atoms with Gasteiger partial charge in [-0.05, 0) is 30.7 Å². The Kier molecular flexibility index (Phi) is 2.77. The Morgan fingerprint density at radius 2 is 1.93 bits per heavy atom. The van der Waals surface area contributed by atoms with Crippen molar-refractivity contribution in [3.8, 4) is 0 Å². The van der Waals surface area contributed by atoms with Crippen LogP contribution < -0.4 is 5.32 Å². The first-order valence-electron chi connectivity index (χ1n) is 4.87. The van der Waals surface area contributed by atoms with Crippen LogP contribution in [0.15, 0.2) is 24.3 Å². The molecule has 1 saturated heterocycles. The molecule has 1 N–H and O–H groups in total. The Labute approximate surface area is 82.1 Å². The Bertz CT molecular complexity index is 297. The van der Waals surface area contributed by atoms with Gasteiger partial charge in [0.25, 0.3) is 0 Å². The second kappa shape index (κ2) is 4.05. The van der Waals surface area contributed by atoms with Crippen molar-refractivity contribution in [2.24, 2.45) is 0 Å². The summed E-state index contributed by atoms with van der Waals surface area (Å²) in [7, 11) is 0. The summed E-state index contributed by atoms with van der Waals surface area (Å²) < 4.78 is 26.1. The van der Waals surface area contributed by atoms with Gasteiger partial charge < -0.3 is 5.32 Å². The first kappa shape index (κ1) is 9.59. The van der Waals surface area contributed by atoms with Crippen LogP contribution in [0.5, 0.6) is 0 Å². The molecule has 0 amide bonds. The van der Waals surface area contributed by atoms with Gasteiger partial charge in [0, 0.05) is 12.5 Å². The molecule has 14 heavy (non-hydrogen) atoms. The molecule has 1 aromatic rings. The molecular weight excluding hydrogens is 184 g/mol. The smallest absolute Gasteiger partial charge is 0.123 e. The lowest BCUT2D eigenvalue weighted by Crippen LogP contribution is -2.36. The van der Waals surface area contributed by atoms with Crippen molar-refractivity contribution >= 4 is 0 Å². The highest BCUT2D eigenvalue weighted by Crippen LogP contribution is 2.26. The van der Waals surface area contributed by atoms with Crippen molar-refractivity contribution < 1.29 is 8.78 Å². The standard InChI is InChI=1S/C11H13F2N/c12-9-3-1-8(2-4-9)10-7-14-6-5-11(10)13/h1-4,10-11,14H,5-7H2. The maximum absolute atomic E-state index is 13.5. The van der Waals surface area contributed by atoms with E-state index in [0.29, 0.717) is 13.0 Å². The predicted octanol–water partition coefficient (Wildman–Crippen LogP) is 2.24. The number of nitrogens with one attached hydrogen (secondary N) is 1. The summed E-state index contributed by atoms with van der Waals surface area (Å²) in [6, 6.07) is 6.10. The van der Waals surface area contributed by atoms with Crippen molar-refractivity contribution in [3.05, 3.63) is 35.6 Å². The van der Waals surface area contributed by atoms with Crippen molar-refractivity contribution in [1.29, 1.82) is 0 Å². The number of hydrogen-bond acceptors (Lipinski definition) is 1. The fourth-order valence-corrected chi connectivity index (χ4v) is 1.86. The molecule has 76 valence electrons. The second-order valence-electron chi connectivity index (χ2n) is 3.67. The van der Waals surface area contributed by atoms with Gasteiger partial charge in [-0.15, -0.1) is 0 Å². The molecule has 1 aliphatic rings. The lowest BCUT2D eigenvalue weighted by Gasteiger charge is -2.26. The molecule has 0 saturated carbocycles. The van der Waals surface area contributed by atoms with Crippen LogP contribution in [0, 0.1) is 5.82 Å². The molecular formula is C11H13F2N. The third-order valence-corrected chi connectivity index (χ3v) is 2.70. The maximum Gasteiger partial charge on any atom is 0.123 e. The summed E-state index contributed by atoms with van der Waals surface area (Å²) in [5.41, 5.74) is 0.881. The molecule has 1 heterocycles. The summed E-state index contributed by atoms with van der Waals surface area (Å²) in [5.74, 6) is -0.391. The molecule has 0 radical (unpaired) electrons. The summed E-state index contributed by atoms with van der Waals surface area (Å²) in [5, 5.41) is 3.14. The Morgan fingerprint density at radius 3 is 2.57 bits per heavy atom. The first-order chi connectivity index (χ1) is 6.77. The molecule has 2 unspecified atom stereocenters. The van der Waals surface area contributed by atoms with E-state index in [1.54, 1.807) is 12.1 Å². The van der Waals surface area contributed by atoms with Gasteiger partial charge in [0.05, 0.1) is 0 Å². The van der Waals surface area contributed by atoms with E-state index >= 15 is 0 Å². The van der Waals surface area contributed by atoms with E-state index in [1.165, 1.54) is 12.1 Å². The van der Waals surface area contributed by atoms with E-state index < -0.39 is 6.17 Å². The molecule has 2 rings (SSSR count). The third kappa shape index (κ3) is 1.93. The van der Waals surface area contributed by atoms with Gasteiger partial charge in [0.1, 0.15) is 12.0 Å². The van der Waals surface area contributed by atoms with Crippen molar-refractivity contribution in [1.82, 2.24) is 5.32 Å². The molecule has 2 atom stereocenters. The van der Waals surface area contributed by atoms with Crippen LogP contribution in [0.2, 0.25) is 0 Å². The van der Waals surface area contributed by atoms with E-state index in [0.717, 1.165) is 12.1 Å². The minimum absolute atomic E-state index is 0.121. The molecule has 0 aromatic heterocycles. The fourth-order valence-electron chi connectivity index (χ4n) is 1.86. The van der Waals surface area contributed by atoms with E-state index in [4.69, 9.17) is 0 Å². The zero-order valence-electron chi connectivity index (χ0n) is 7.84. The highest BCUT2D eigenvalue weighted by atomic mass is 19.1. The van der Waals surface area contributed by atoms with Crippen LogP contribution in [0.25, 0.3) is 0 Å². The first-order valence-corrected chi connectivity index (χ1v) is 4.87. The van der Waals surface area contributed by atoms with E-state index in [2.05, 4.69) is 5.32 Å². The molecule has 0 bridgehead atoms. The van der Waals surface area contributed by atoms with Crippen LogP contribution in [0.3, 0.4) is 0 Å². The number of rotatable bonds is 1. The Hall–Kier alpha value is -0.960. The predicted molar refractivity (Wildman–Crippen MR) is 51.5 cm³/mol. The van der Waals surface area contributed by atoms with Gasteiger partial charge >= 0.3 is 0 Å². The second-order valence-corrected chi connectivity index (χ2v) is 3.67. The van der Waals surface area contributed by atoms with Gasteiger partial charge in [-0.3, -0.25) is 0 Å². The van der Waals surface area contributed by atoms with Gasteiger partial charge in [-0.1, -0.05) is 12.1 Å². The van der Waals surface area contributed by atoms with Gasteiger partial charge in [-0.2, -0.15) is 0 Å². The number of benzene rings is 1. The highest BCUT2D eigenvalue weighted by Gasteiger charge is 2.25. The average Bonchev–Trinajstić information content (AvgIpc) is 2.20. The van der Waals surface area contributed by atoms with E-state index in [9.17, 15) is 8.78 Å². The molecule has 0 aliphatic carbocycles. The maximum atomic E-state index is 13.5. The molecule has 1 aromatic carbocycles. The molecule has 1 nitrogen and oxygen atoms in total. The third-order valence-electron chi connectivity index (χ3n) is 2.70. The van der Waals surface area contributed by atoms with Crippen LogP contribution in [-0.2, 0) is 0 Å². The van der Waals surface area contributed by atoms with Crippen LogP contribution >= 0.6 is 0 Å². The highest BCUT2D eigenvalue weighted by molar-refractivity contribution is 5.22. The summed E-state index contributed by atoms with van der Waals surface area (Å²) in [6.45, 7) is 1.38. The van der Waals surface area contributed by atoms with Gasteiger partial charge in [0.15, 0.2) is 0 Å². The number of alkyl halides is 1. The number of piperidine rings is 1. The molecule has 3 heteroatoms. The van der Waals surface area contributed by atoms with Crippen LogP contribution in [0.4, 0.5) is 8.78 Å². The number of hydrogen-bond donors (Lipinski definition) is 1. The lowest BCUT2D eigenvalue weighted by atomic mass is 9.90. The van der Waals surface area contributed by atoms with E-state index in [1.807, 2.05) is 0 Å². The van der Waals surface area contributed by atoms with Crippen LogP contribution in [0.1, 0.15) is 17.9 Å². The van der Waals surface area contributed by atoms with E-state index in [-0.39, 0.29) is 11.7 Å². The quantitative estimate of drug-likeness (QED) is 0.728. The summed E-state index contributed by atoms with van der Waals surface area (Å²) in [4.78, 5) is 0. The zero-order chi connectivity index (χ0) is 9.97. The van der Waals surface area contributed by atoms with Crippen molar-refractivity contribution in [2.45, 2.75) is 18.5 Å². The normalized spacial score (nSPS) is 27.6. The molecule has 0 spiro atoms. The molecule has 1 aliphatic heterocycles. The van der Waals surface area contributed by atoms with Crippen molar-refractivity contribution in [2.75, 3.05) is 13.1 Å². The fraction of sp³-hybridized carbons (Fsp3) is 0.455. The lowest BCUT2D eigenvalue weighted by molar-refractivity contribution is 0.228. The number of halogens is 2. The van der Waals surface area contributed by atoms with Gasteiger partial charge in [-0.25, -0.2) is 8.78 Å². The minimum Gasteiger partial charge on any atom is -0.316 e. The Balaban J connectivity index is 2.16. The average molecular weight is 197 g/mol. The SMILES string of the molecule is Fc1ccc(C2CNCCC2F)cc1. The van der Waals surface area contributed by atoms with Crippen LogP contribution in [-0.4, -0.2) is 19.3 Å². The molecule has 1 fully saturated rings. The topological polar surface area (TPSA) is 12.0 Å². The summed E-state index contributed by atoms with van der Waals surface area (Å²) >= 11 is 0.